The van der Waals surface area contributed by atoms with Gasteiger partial charge in [0.1, 0.15) is 16.8 Å². The van der Waals surface area contributed by atoms with Crippen molar-refractivity contribution in [3.05, 3.63) is 71.0 Å². The van der Waals surface area contributed by atoms with Crippen molar-refractivity contribution < 1.29 is 10.2 Å². The molecule has 2 aromatic carbocycles. The Morgan fingerprint density at radius 3 is 2.42 bits per heavy atom. The Morgan fingerprint density at radius 2 is 1.58 bits per heavy atom. The van der Waals surface area contributed by atoms with Crippen LogP contribution in [0.3, 0.4) is 0 Å². The summed E-state index contributed by atoms with van der Waals surface area (Å²) in [4.78, 5) is 8.01. The number of aromatic hydroxyl groups is 2. The van der Waals surface area contributed by atoms with Crippen LogP contribution < -0.4 is 0 Å². The minimum Gasteiger partial charge on any atom is -0.506 e. The van der Waals surface area contributed by atoms with E-state index in [1.807, 2.05) is 24.3 Å². The van der Waals surface area contributed by atoms with Gasteiger partial charge in [-0.25, -0.2) is 0 Å². The third-order valence-corrected chi connectivity index (χ3v) is 3.87. The second-order valence-electron chi connectivity index (χ2n) is 4.97. The lowest BCUT2D eigenvalue weighted by Crippen LogP contribution is -1.78. The van der Waals surface area contributed by atoms with Gasteiger partial charge >= 0.3 is 0 Å². The summed E-state index contributed by atoms with van der Waals surface area (Å²) in [5, 5.41) is 21.5. The van der Waals surface area contributed by atoms with E-state index in [0.717, 1.165) is 10.8 Å². The summed E-state index contributed by atoms with van der Waals surface area (Å²) >= 11 is 11.4. The van der Waals surface area contributed by atoms with E-state index in [4.69, 9.17) is 23.2 Å². The largest absolute Gasteiger partial charge is 0.506 e. The molecule has 0 unspecified atom stereocenters. The first kappa shape index (κ1) is 16.3. The van der Waals surface area contributed by atoms with Crippen molar-refractivity contribution in [3.8, 4) is 11.5 Å². The van der Waals surface area contributed by atoms with Crippen molar-refractivity contribution >= 4 is 45.0 Å². The number of nitrogens with zero attached hydrogens (tertiary/aromatic N) is 2. The molecule has 0 amide bonds. The van der Waals surface area contributed by atoms with Gasteiger partial charge in [-0.2, -0.15) is 0 Å². The predicted octanol–water partition coefficient (Wildman–Crippen LogP) is 5.19. The molecule has 2 heterocycles. The predicted molar refractivity (Wildman–Crippen MR) is 96.8 cm³/mol. The molecule has 0 aliphatic carbocycles. The topological polar surface area (TPSA) is 66.2 Å². The number of pyridine rings is 2. The minimum atomic E-state index is 0.0507. The lowest BCUT2D eigenvalue weighted by Gasteiger charge is -2.00. The summed E-state index contributed by atoms with van der Waals surface area (Å²) in [6, 6.07) is 14.1. The normalized spacial score (nSPS) is 10.4. The van der Waals surface area contributed by atoms with Gasteiger partial charge in [0.25, 0.3) is 0 Å². The van der Waals surface area contributed by atoms with Gasteiger partial charge in [0, 0.05) is 23.2 Å². The molecule has 0 atom stereocenters. The van der Waals surface area contributed by atoms with E-state index < -0.39 is 0 Å². The summed E-state index contributed by atoms with van der Waals surface area (Å²) in [6.45, 7) is 0. The van der Waals surface area contributed by atoms with Crippen LogP contribution in [0.4, 0.5) is 0 Å². The minimum absolute atomic E-state index is 0.0507. The lowest BCUT2D eigenvalue weighted by atomic mass is 10.2. The maximum Gasteiger partial charge on any atom is 0.160 e. The molecule has 0 bridgehead atoms. The molecule has 2 aromatic heterocycles. The van der Waals surface area contributed by atoms with Gasteiger partial charge in [-0.05, 0) is 24.3 Å². The van der Waals surface area contributed by atoms with Crippen molar-refractivity contribution in [2.24, 2.45) is 0 Å². The average molecular weight is 359 g/mol. The maximum atomic E-state index is 9.46. The lowest BCUT2D eigenvalue weighted by molar-refractivity contribution is 0.480. The summed E-state index contributed by atoms with van der Waals surface area (Å²) < 4.78 is 0. The highest BCUT2D eigenvalue weighted by molar-refractivity contribution is 6.33. The number of para-hydroxylation sites is 1. The Balaban J connectivity index is 0.000000141. The first-order chi connectivity index (χ1) is 11.6. The molecule has 4 nitrogen and oxygen atoms in total. The van der Waals surface area contributed by atoms with Crippen LogP contribution in [0.15, 0.2) is 60.9 Å². The number of phenols is 2. The van der Waals surface area contributed by atoms with Gasteiger partial charge in [-0.15, -0.1) is 0 Å². The molecule has 2 N–H and O–H groups in total. The van der Waals surface area contributed by atoms with E-state index in [0.29, 0.717) is 21.1 Å². The Morgan fingerprint density at radius 1 is 0.792 bits per heavy atom. The molecule has 0 aliphatic heterocycles. The Bertz CT molecular complexity index is 1020. The second kappa shape index (κ2) is 6.91. The van der Waals surface area contributed by atoms with Crippen LogP contribution in [0.1, 0.15) is 0 Å². The van der Waals surface area contributed by atoms with Crippen LogP contribution in [-0.4, -0.2) is 20.2 Å². The van der Waals surface area contributed by atoms with Crippen molar-refractivity contribution in [1.29, 1.82) is 0 Å². The van der Waals surface area contributed by atoms with E-state index in [1.54, 1.807) is 30.5 Å². The van der Waals surface area contributed by atoms with Crippen LogP contribution in [0.2, 0.25) is 10.0 Å². The van der Waals surface area contributed by atoms with Crippen molar-refractivity contribution in [1.82, 2.24) is 9.97 Å². The number of hydrogen-bond acceptors (Lipinski definition) is 4. The molecule has 6 heteroatoms. The zero-order valence-electron chi connectivity index (χ0n) is 12.3. The smallest absolute Gasteiger partial charge is 0.160 e. The zero-order chi connectivity index (χ0) is 17.1. The van der Waals surface area contributed by atoms with Crippen LogP contribution >= 0.6 is 23.2 Å². The highest BCUT2D eigenvalue weighted by Crippen LogP contribution is 2.30. The molecule has 0 aliphatic rings. The summed E-state index contributed by atoms with van der Waals surface area (Å²) in [5.41, 5.74) is 1.13. The number of benzene rings is 2. The standard InChI is InChI=1S/2C9H6ClNO/c10-7-4-3-6-2-1-5-11-8(6)9(7)12;10-7-4-6-2-1-3-8(12)9(6)11-5-7/h2*1-5,12H. The fourth-order valence-electron chi connectivity index (χ4n) is 2.22. The van der Waals surface area contributed by atoms with Crippen molar-refractivity contribution in [3.63, 3.8) is 0 Å². The van der Waals surface area contributed by atoms with Crippen LogP contribution in [0.25, 0.3) is 21.8 Å². The Labute approximate surface area is 147 Å². The summed E-state index contributed by atoms with van der Waals surface area (Å²) in [6.07, 6.45) is 3.14. The molecule has 0 fully saturated rings. The van der Waals surface area contributed by atoms with E-state index in [1.165, 1.54) is 6.20 Å². The monoisotopic (exact) mass is 358 g/mol. The Hall–Kier alpha value is -2.56. The Kier molecular flexibility index (Phi) is 4.69. The number of hydrogen-bond donors (Lipinski definition) is 2. The molecule has 0 radical (unpaired) electrons. The van der Waals surface area contributed by atoms with Crippen LogP contribution in [-0.2, 0) is 0 Å². The molecule has 24 heavy (non-hydrogen) atoms. The molecule has 120 valence electrons. The van der Waals surface area contributed by atoms with Crippen molar-refractivity contribution in [2.75, 3.05) is 0 Å². The van der Waals surface area contributed by atoms with Gasteiger partial charge in [0.05, 0.1) is 10.0 Å². The second-order valence-corrected chi connectivity index (χ2v) is 5.82. The van der Waals surface area contributed by atoms with Gasteiger partial charge < -0.3 is 10.2 Å². The fraction of sp³-hybridized carbons (Fsp3) is 0. The van der Waals surface area contributed by atoms with Crippen LogP contribution in [0.5, 0.6) is 11.5 Å². The van der Waals surface area contributed by atoms with Gasteiger partial charge in [-0.1, -0.05) is 47.5 Å². The highest BCUT2D eigenvalue weighted by Gasteiger charge is 2.03. The molecule has 0 spiro atoms. The number of rotatable bonds is 0. The molecular weight excluding hydrogens is 347 g/mol. The number of halogens is 2. The van der Waals surface area contributed by atoms with E-state index in [9.17, 15) is 10.2 Å². The summed E-state index contributed by atoms with van der Waals surface area (Å²) in [7, 11) is 0. The first-order valence-corrected chi connectivity index (χ1v) is 7.77. The molecular formula is C18H12Cl2N2O2. The molecule has 0 saturated heterocycles. The molecule has 4 rings (SSSR count). The van der Waals surface area contributed by atoms with Crippen molar-refractivity contribution in [2.45, 2.75) is 0 Å². The first-order valence-electron chi connectivity index (χ1n) is 7.01. The maximum absolute atomic E-state index is 9.46. The fourth-order valence-corrected chi connectivity index (χ4v) is 2.54. The number of phenolic OH excluding ortho intramolecular Hbond substituents is 2. The quantitative estimate of drug-likeness (QED) is 0.454. The van der Waals surface area contributed by atoms with Gasteiger partial charge in [0.15, 0.2) is 5.75 Å². The van der Waals surface area contributed by atoms with Gasteiger partial charge in [-0.3, -0.25) is 9.97 Å². The molecule has 4 aromatic rings. The van der Waals surface area contributed by atoms with E-state index >= 15 is 0 Å². The number of fused-ring (bicyclic) bond motifs is 2. The average Bonchev–Trinajstić information content (AvgIpc) is 2.59. The van der Waals surface area contributed by atoms with Gasteiger partial charge in [0.2, 0.25) is 0 Å². The highest BCUT2D eigenvalue weighted by atomic mass is 35.5. The van der Waals surface area contributed by atoms with E-state index in [2.05, 4.69) is 9.97 Å². The third kappa shape index (κ3) is 3.35. The third-order valence-electron chi connectivity index (χ3n) is 3.35. The SMILES string of the molecule is Oc1c(Cl)ccc2cccnc12.Oc1cccc2cc(Cl)cnc12. The zero-order valence-corrected chi connectivity index (χ0v) is 13.8. The van der Waals surface area contributed by atoms with E-state index in [-0.39, 0.29) is 11.5 Å². The number of aromatic nitrogens is 2. The molecule has 0 saturated carbocycles. The van der Waals surface area contributed by atoms with Crippen LogP contribution in [0, 0.1) is 0 Å². The summed E-state index contributed by atoms with van der Waals surface area (Å²) in [5.74, 6) is 0.235.